The number of benzene rings is 8. The third-order valence-electron chi connectivity index (χ3n) is 10.1. The predicted octanol–water partition coefficient (Wildman–Crippen LogP) is 12.9. The first-order chi connectivity index (χ1) is 24.8. The first kappa shape index (κ1) is 28.4. The fraction of sp³-hybridized carbons (Fsp3) is 0. The number of rotatable bonds is 5. The van der Waals surface area contributed by atoms with Gasteiger partial charge in [-0.2, -0.15) is 0 Å². The van der Waals surface area contributed by atoms with Crippen LogP contribution < -0.4 is 0 Å². The SMILES string of the molecule is c1ccc(-c2ccc(-c3cccc(-n4c5ccccc5c5ccc6c(c7ccccc7n6-c6ccccc6-c6ccccc6)c54)c3)cc2)cc1. The molecule has 0 atom stereocenters. The van der Waals surface area contributed by atoms with E-state index in [1.807, 2.05) is 0 Å². The summed E-state index contributed by atoms with van der Waals surface area (Å²) in [6.07, 6.45) is 0. The molecule has 0 aliphatic rings. The van der Waals surface area contributed by atoms with Gasteiger partial charge in [0.2, 0.25) is 0 Å². The van der Waals surface area contributed by atoms with Crippen LogP contribution in [0, 0.1) is 0 Å². The molecule has 10 aromatic rings. The lowest BCUT2D eigenvalue weighted by Gasteiger charge is -2.14. The molecule has 0 N–H and O–H groups in total. The Kier molecular flexibility index (Phi) is 6.53. The summed E-state index contributed by atoms with van der Waals surface area (Å²) in [7, 11) is 0. The second-order valence-corrected chi connectivity index (χ2v) is 12.9. The summed E-state index contributed by atoms with van der Waals surface area (Å²) >= 11 is 0. The molecule has 0 aliphatic carbocycles. The van der Waals surface area contributed by atoms with Crippen molar-refractivity contribution in [1.82, 2.24) is 9.13 Å². The summed E-state index contributed by atoms with van der Waals surface area (Å²) < 4.78 is 4.94. The van der Waals surface area contributed by atoms with Gasteiger partial charge in [0.25, 0.3) is 0 Å². The highest BCUT2D eigenvalue weighted by molar-refractivity contribution is 6.26. The van der Waals surface area contributed by atoms with E-state index in [0.717, 1.165) is 5.69 Å². The first-order valence-corrected chi connectivity index (χ1v) is 17.2. The maximum atomic E-state index is 2.48. The molecule has 50 heavy (non-hydrogen) atoms. The minimum absolute atomic E-state index is 1.15. The molecule has 8 aromatic carbocycles. The van der Waals surface area contributed by atoms with Crippen molar-refractivity contribution in [2.24, 2.45) is 0 Å². The van der Waals surface area contributed by atoms with E-state index >= 15 is 0 Å². The van der Waals surface area contributed by atoms with Gasteiger partial charge in [-0.25, -0.2) is 0 Å². The highest BCUT2D eigenvalue weighted by Crippen LogP contribution is 2.43. The molecule has 0 amide bonds. The third kappa shape index (κ3) is 4.43. The molecule has 0 aliphatic heterocycles. The van der Waals surface area contributed by atoms with Gasteiger partial charge >= 0.3 is 0 Å². The first-order valence-electron chi connectivity index (χ1n) is 17.2. The lowest BCUT2D eigenvalue weighted by atomic mass is 10.00. The second kappa shape index (κ2) is 11.5. The lowest BCUT2D eigenvalue weighted by molar-refractivity contribution is 1.17. The van der Waals surface area contributed by atoms with Crippen molar-refractivity contribution < 1.29 is 0 Å². The van der Waals surface area contributed by atoms with Gasteiger partial charge in [0, 0.05) is 32.8 Å². The van der Waals surface area contributed by atoms with Crippen LogP contribution in [0.4, 0.5) is 0 Å². The van der Waals surface area contributed by atoms with Crippen molar-refractivity contribution >= 4 is 43.6 Å². The molecule has 0 spiro atoms. The van der Waals surface area contributed by atoms with E-state index in [1.165, 1.54) is 82.7 Å². The number of nitrogens with zero attached hydrogens (tertiary/aromatic N) is 2. The molecule has 0 saturated heterocycles. The van der Waals surface area contributed by atoms with Crippen molar-refractivity contribution in [3.63, 3.8) is 0 Å². The lowest BCUT2D eigenvalue weighted by Crippen LogP contribution is -1.97. The molecule has 0 saturated carbocycles. The van der Waals surface area contributed by atoms with E-state index in [0.29, 0.717) is 0 Å². The fourth-order valence-corrected chi connectivity index (χ4v) is 7.88. The molecule has 2 nitrogen and oxygen atoms in total. The van der Waals surface area contributed by atoms with Crippen LogP contribution in [-0.4, -0.2) is 9.13 Å². The molecular formula is C48H32N2. The Morgan fingerprint density at radius 1 is 0.300 bits per heavy atom. The second-order valence-electron chi connectivity index (χ2n) is 12.9. The molecule has 2 heteroatoms. The van der Waals surface area contributed by atoms with Crippen LogP contribution in [0.2, 0.25) is 0 Å². The van der Waals surface area contributed by atoms with E-state index in [-0.39, 0.29) is 0 Å². The van der Waals surface area contributed by atoms with Gasteiger partial charge in [-0.05, 0) is 64.2 Å². The van der Waals surface area contributed by atoms with Gasteiger partial charge < -0.3 is 9.13 Å². The van der Waals surface area contributed by atoms with Gasteiger partial charge in [0.1, 0.15) is 0 Å². The summed E-state index contributed by atoms with van der Waals surface area (Å²) in [6.45, 7) is 0. The van der Waals surface area contributed by atoms with Gasteiger partial charge in [-0.15, -0.1) is 0 Å². The Bertz CT molecular complexity index is 2840. The number of hydrogen-bond donors (Lipinski definition) is 0. The van der Waals surface area contributed by atoms with Crippen LogP contribution in [0.5, 0.6) is 0 Å². The summed E-state index contributed by atoms with van der Waals surface area (Å²) in [5.41, 5.74) is 14.4. The number of hydrogen-bond acceptors (Lipinski definition) is 0. The number of aromatic nitrogens is 2. The maximum Gasteiger partial charge on any atom is 0.0641 e. The number of para-hydroxylation sites is 3. The largest absolute Gasteiger partial charge is 0.309 e. The maximum absolute atomic E-state index is 2.48. The summed E-state index contributed by atoms with van der Waals surface area (Å²) in [4.78, 5) is 0. The van der Waals surface area contributed by atoms with Crippen molar-refractivity contribution in [3.8, 4) is 44.8 Å². The quantitative estimate of drug-likeness (QED) is 0.178. The summed E-state index contributed by atoms with van der Waals surface area (Å²) in [5.74, 6) is 0. The van der Waals surface area contributed by atoms with E-state index in [2.05, 4.69) is 203 Å². The topological polar surface area (TPSA) is 9.86 Å². The molecule has 2 aromatic heterocycles. The third-order valence-corrected chi connectivity index (χ3v) is 10.1. The molecule has 0 bridgehead atoms. The van der Waals surface area contributed by atoms with Crippen LogP contribution in [0.1, 0.15) is 0 Å². The van der Waals surface area contributed by atoms with Crippen LogP contribution >= 0.6 is 0 Å². The molecule has 0 unspecified atom stereocenters. The highest BCUT2D eigenvalue weighted by atomic mass is 15.0. The molecule has 2 heterocycles. The zero-order chi connectivity index (χ0) is 33.0. The van der Waals surface area contributed by atoms with Gasteiger partial charge in [0.05, 0.1) is 27.8 Å². The van der Waals surface area contributed by atoms with Gasteiger partial charge in [0.15, 0.2) is 0 Å². The summed E-state index contributed by atoms with van der Waals surface area (Å²) in [6, 6.07) is 70.3. The Morgan fingerprint density at radius 3 is 1.62 bits per heavy atom. The van der Waals surface area contributed by atoms with Crippen molar-refractivity contribution in [1.29, 1.82) is 0 Å². The number of fused-ring (bicyclic) bond motifs is 7. The molecule has 0 fully saturated rings. The average Bonchev–Trinajstić information content (AvgIpc) is 3.72. The Hall–Kier alpha value is -6.64. The average molecular weight is 637 g/mol. The highest BCUT2D eigenvalue weighted by Gasteiger charge is 2.22. The zero-order valence-corrected chi connectivity index (χ0v) is 27.4. The van der Waals surface area contributed by atoms with Crippen LogP contribution in [-0.2, 0) is 0 Å². The molecule has 10 rings (SSSR count). The van der Waals surface area contributed by atoms with Crippen molar-refractivity contribution in [2.45, 2.75) is 0 Å². The Balaban J connectivity index is 1.24. The van der Waals surface area contributed by atoms with Crippen LogP contribution in [0.15, 0.2) is 194 Å². The van der Waals surface area contributed by atoms with E-state index in [4.69, 9.17) is 0 Å². The zero-order valence-electron chi connectivity index (χ0n) is 27.4. The molecular weight excluding hydrogens is 605 g/mol. The van der Waals surface area contributed by atoms with E-state index in [9.17, 15) is 0 Å². The minimum Gasteiger partial charge on any atom is -0.309 e. The normalized spacial score (nSPS) is 11.6. The Labute approximate surface area is 290 Å². The van der Waals surface area contributed by atoms with Crippen LogP contribution in [0.25, 0.3) is 88.4 Å². The van der Waals surface area contributed by atoms with E-state index in [1.54, 1.807) is 0 Å². The summed E-state index contributed by atoms with van der Waals surface area (Å²) in [5, 5.41) is 5.01. The van der Waals surface area contributed by atoms with Gasteiger partial charge in [-0.3, -0.25) is 0 Å². The van der Waals surface area contributed by atoms with Crippen LogP contribution in [0.3, 0.4) is 0 Å². The minimum atomic E-state index is 1.15. The monoisotopic (exact) mass is 636 g/mol. The molecule has 234 valence electrons. The van der Waals surface area contributed by atoms with Crippen molar-refractivity contribution in [3.05, 3.63) is 194 Å². The standard InChI is InChI=1S/C48H32N2/c1-3-14-33(15-4-1)34-26-28-35(29-27-34)37-18-13-19-38(32-37)49-44-24-11-8-21-40(44)41-30-31-46-47(48(41)49)42-22-9-12-25-45(42)50(46)43-23-10-7-20-39(43)36-16-5-2-6-17-36/h1-32H. The Morgan fingerprint density at radius 2 is 0.860 bits per heavy atom. The smallest absolute Gasteiger partial charge is 0.0641 e. The molecule has 0 radical (unpaired) electrons. The fourth-order valence-electron chi connectivity index (χ4n) is 7.88. The predicted molar refractivity (Wildman–Crippen MR) is 211 cm³/mol. The van der Waals surface area contributed by atoms with Gasteiger partial charge in [-0.1, -0.05) is 158 Å². The van der Waals surface area contributed by atoms with E-state index < -0.39 is 0 Å². The van der Waals surface area contributed by atoms with Crippen molar-refractivity contribution in [2.75, 3.05) is 0 Å².